The van der Waals surface area contributed by atoms with Crippen LogP contribution >= 0.6 is 0 Å². The second-order valence-corrected chi connectivity index (χ2v) is 5.15. The topological polar surface area (TPSA) is 46.2 Å². The van der Waals surface area contributed by atoms with Gasteiger partial charge in [0.1, 0.15) is 0 Å². The van der Waals surface area contributed by atoms with Crippen molar-refractivity contribution in [2.24, 2.45) is 0 Å². The number of rotatable bonds is 5. The first-order valence-corrected chi connectivity index (χ1v) is 5.47. The van der Waals surface area contributed by atoms with Crippen LogP contribution in [0.4, 0.5) is 8.78 Å². The first kappa shape index (κ1) is 11.8. The predicted molar refractivity (Wildman–Crippen MR) is 43.2 cm³/mol. The molecule has 0 aliphatic carbocycles. The van der Waals surface area contributed by atoms with Crippen LogP contribution in [0.2, 0.25) is 0 Å². The lowest BCUT2D eigenvalue weighted by Crippen LogP contribution is -2.33. The highest BCUT2D eigenvalue weighted by atomic mass is 32.2. The van der Waals surface area contributed by atoms with Crippen molar-refractivity contribution >= 4 is 9.84 Å². The Morgan fingerprint density at radius 1 is 1.33 bits per heavy atom. The van der Waals surface area contributed by atoms with E-state index in [2.05, 4.69) is 5.32 Å². The van der Waals surface area contributed by atoms with E-state index in [-0.39, 0.29) is 6.54 Å². The molecule has 0 aromatic heterocycles. The maximum Gasteiger partial charge on any atom is 0.250 e. The summed E-state index contributed by atoms with van der Waals surface area (Å²) in [6.45, 7) is 1.09. The van der Waals surface area contributed by atoms with Gasteiger partial charge in [-0.15, -0.1) is 0 Å². The van der Waals surface area contributed by atoms with Gasteiger partial charge in [0.05, 0.1) is 11.8 Å². The lowest BCUT2D eigenvalue weighted by molar-refractivity contribution is 0.146. The molecule has 12 heavy (non-hydrogen) atoms. The van der Waals surface area contributed by atoms with Crippen molar-refractivity contribution < 1.29 is 17.2 Å². The van der Waals surface area contributed by atoms with Gasteiger partial charge in [0.25, 0.3) is 6.43 Å². The highest BCUT2D eigenvalue weighted by Gasteiger charge is 2.14. The highest BCUT2D eigenvalue weighted by Crippen LogP contribution is 1.96. The lowest BCUT2D eigenvalue weighted by Gasteiger charge is -2.09. The van der Waals surface area contributed by atoms with E-state index in [4.69, 9.17) is 0 Å². The molecule has 74 valence electrons. The SMILES string of the molecule is CC(CNCC(F)F)S(C)(=O)=O. The van der Waals surface area contributed by atoms with Crippen molar-refractivity contribution in [2.75, 3.05) is 19.3 Å². The second-order valence-electron chi connectivity index (χ2n) is 2.69. The summed E-state index contributed by atoms with van der Waals surface area (Å²) in [5.74, 6) is 0. The van der Waals surface area contributed by atoms with E-state index >= 15 is 0 Å². The fourth-order valence-corrected chi connectivity index (χ4v) is 0.968. The van der Waals surface area contributed by atoms with Gasteiger partial charge in [-0.25, -0.2) is 17.2 Å². The van der Waals surface area contributed by atoms with Crippen molar-refractivity contribution in [3.63, 3.8) is 0 Å². The van der Waals surface area contributed by atoms with E-state index in [0.29, 0.717) is 0 Å². The molecule has 1 N–H and O–H groups in total. The number of halogens is 2. The summed E-state index contributed by atoms with van der Waals surface area (Å²) in [6.07, 6.45) is -1.35. The summed E-state index contributed by atoms with van der Waals surface area (Å²) in [5, 5.41) is 1.75. The molecule has 0 bridgehead atoms. The summed E-state index contributed by atoms with van der Waals surface area (Å²) in [6, 6.07) is 0. The Bertz CT molecular complexity index is 216. The molecular formula is C6H13F2NO2S. The van der Waals surface area contributed by atoms with Crippen molar-refractivity contribution in [1.29, 1.82) is 0 Å². The molecule has 0 rings (SSSR count). The van der Waals surface area contributed by atoms with E-state index in [0.717, 1.165) is 6.26 Å². The third-order valence-electron chi connectivity index (χ3n) is 1.46. The van der Waals surface area contributed by atoms with Gasteiger partial charge in [-0.1, -0.05) is 0 Å². The summed E-state index contributed by atoms with van der Waals surface area (Å²) in [7, 11) is -3.11. The van der Waals surface area contributed by atoms with E-state index in [9.17, 15) is 17.2 Å². The van der Waals surface area contributed by atoms with Gasteiger partial charge in [-0.05, 0) is 6.92 Å². The first-order chi connectivity index (χ1) is 5.34. The summed E-state index contributed by atoms with van der Waals surface area (Å²) >= 11 is 0. The van der Waals surface area contributed by atoms with E-state index in [1.165, 1.54) is 6.92 Å². The van der Waals surface area contributed by atoms with Crippen molar-refractivity contribution in [2.45, 2.75) is 18.6 Å². The van der Waals surface area contributed by atoms with Crippen molar-refractivity contribution in [3.8, 4) is 0 Å². The van der Waals surface area contributed by atoms with E-state index in [1.807, 2.05) is 0 Å². The van der Waals surface area contributed by atoms with Crippen LogP contribution in [-0.4, -0.2) is 39.4 Å². The fourth-order valence-electron chi connectivity index (χ4n) is 0.547. The third kappa shape index (κ3) is 5.42. The Balaban J connectivity index is 3.66. The molecule has 0 fully saturated rings. The maximum atomic E-state index is 11.6. The number of nitrogens with one attached hydrogen (secondary N) is 1. The first-order valence-electron chi connectivity index (χ1n) is 3.51. The Morgan fingerprint density at radius 2 is 1.83 bits per heavy atom. The van der Waals surface area contributed by atoms with Gasteiger partial charge in [-0.3, -0.25) is 0 Å². The zero-order valence-corrected chi connectivity index (χ0v) is 7.87. The molecule has 0 aromatic rings. The quantitative estimate of drug-likeness (QED) is 0.694. The molecule has 1 atom stereocenters. The number of hydrogen-bond donors (Lipinski definition) is 1. The summed E-state index contributed by atoms with van der Waals surface area (Å²) in [4.78, 5) is 0. The van der Waals surface area contributed by atoms with Crippen LogP contribution in [0.15, 0.2) is 0 Å². The molecule has 6 heteroatoms. The zero-order valence-electron chi connectivity index (χ0n) is 7.05. The Kier molecular flexibility index (Phi) is 4.62. The molecule has 1 unspecified atom stereocenters. The van der Waals surface area contributed by atoms with E-state index in [1.54, 1.807) is 0 Å². The van der Waals surface area contributed by atoms with Crippen LogP contribution < -0.4 is 5.32 Å². The van der Waals surface area contributed by atoms with Crippen LogP contribution in [-0.2, 0) is 9.84 Å². The van der Waals surface area contributed by atoms with Crippen LogP contribution in [0.1, 0.15) is 6.92 Å². The fraction of sp³-hybridized carbons (Fsp3) is 1.00. The van der Waals surface area contributed by atoms with Gasteiger partial charge in [0, 0.05) is 12.8 Å². The molecule has 0 spiro atoms. The third-order valence-corrected chi connectivity index (χ3v) is 3.09. The molecule has 0 aromatic carbocycles. The Labute approximate surface area is 71.1 Å². The average Bonchev–Trinajstić information content (AvgIpc) is 1.84. The molecule has 0 aliphatic heterocycles. The van der Waals surface area contributed by atoms with Gasteiger partial charge in [-0.2, -0.15) is 0 Å². The van der Waals surface area contributed by atoms with Crippen LogP contribution in [0, 0.1) is 0 Å². The van der Waals surface area contributed by atoms with E-state index < -0.39 is 28.1 Å². The lowest BCUT2D eigenvalue weighted by atomic mass is 10.4. The molecular weight excluding hydrogens is 188 g/mol. The zero-order chi connectivity index (χ0) is 9.78. The predicted octanol–water partition coefficient (Wildman–Crippen LogP) is 0.274. The number of sulfone groups is 1. The normalized spacial score (nSPS) is 15.1. The van der Waals surface area contributed by atoms with Gasteiger partial charge in [0.2, 0.25) is 0 Å². The van der Waals surface area contributed by atoms with Crippen molar-refractivity contribution in [1.82, 2.24) is 5.32 Å². The maximum absolute atomic E-state index is 11.6. The Hall–Kier alpha value is -0.230. The molecule has 0 radical (unpaired) electrons. The molecule has 0 aliphatic rings. The standard InChI is InChI=1S/C6H13F2NO2S/c1-5(12(2,10)11)3-9-4-6(7)8/h5-6,9H,3-4H2,1-2H3. The monoisotopic (exact) mass is 201 g/mol. The molecule has 0 saturated heterocycles. The summed E-state index contributed by atoms with van der Waals surface area (Å²) < 4.78 is 44.7. The minimum atomic E-state index is -3.11. The number of hydrogen-bond acceptors (Lipinski definition) is 3. The van der Waals surface area contributed by atoms with Crippen LogP contribution in [0.3, 0.4) is 0 Å². The summed E-state index contributed by atoms with van der Waals surface area (Å²) in [5.41, 5.74) is 0. The van der Waals surface area contributed by atoms with Crippen LogP contribution in [0.5, 0.6) is 0 Å². The van der Waals surface area contributed by atoms with Gasteiger partial charge >= 0.3 is 0 Å². The largest absolute Gasteiger partial charge is 0.310 e. The average molecular weight is 201 g/mol. The molecule has 0 heterocycles. The minimum absolute atomic E-state index is 0.0726. The van der Waals surface area contributed by atoms with Gasteiger partial charge < -0.3 is 5.32 Å². The molecule has 0 saturated carbocycles. The number of alkyl halides is 2. The minimum Gasteiger partial charge on any atom is -0.310 e. The Morgan fingerprint density at radius 3 is 2.17 bits per heavy atom. The smallest absolute Gasteiger partial charge is 0.250 e. The van der Waals surface area contributed by atoms with Crippen LogP contribution in [0.25, 0.3) is 0 Å². The van der Waals surface area contributed by atoms with Gasteiger partial charge in [0.15, 0.2) is 9.84 Å². The molecule has 0 amide bonds. The van der Waals surface area contributed by atoms with Crippen molar-refractivity contribution in [3.05, 3.63) is 0 Å². The highest BCUT2D eigenvalue weighted by molar-refractivity contribution is 7.91. The second kappa shape index (κ2) is 4.71. The molecule has 3 nitrogen and oxygen atoms in total.